The number of piperidine rings is 1. The van der Waals surface area contributed by atoms with Crippen molar-refractivity contribution in [1.82, 2.24) is 14.5 Å². The maximum absolute atomic E-state index is 10.8. The van der Waals surface area contributed by atoms with Gasteiger partial charge in [0.25, 0.3) is 0 Å². The van der Waals surface area contributed by atoms with E-state index < -0.39 is 5.97 Å². The van der Waals surface area contributed by atoms with Crippen LogP contribution >= 0.6 is 0 Å². The van der Waals surface area contributed by atoms with Gasteiger partial charge in [-0.15, -0.1) is 0 Å². The van der Waals surface area contributed by atoms with Crippen LogP contribution in [0.1, 0.15) is 19.3 Å². The molecule has 2 heterocycles. The van der Waals surface area contributed by atoms with E-state index in [1.165, 1.54) is 0 Å². The lowest BCUT2D eigenvalue weighted by Gasteiger charge is -2.29. The molecule has 6 nitrogen and oxygen atoms in total. The van der Waals surface area contributed by atoms with Gasteiger partial charge in [-0.05, 0) is 32.0 Å². The van der Waals surface area contributed by atoms with Crippen molar-refractivity contribution in [3.8, 4) is 17.1 Å². The van der Waals surface area contributed by atoms with Gasteiger partial charge in [0.05, 0.1) is 12.0 Å². The number of hydrogen-bond donors (Lipinski definition) is 1. The highest BCUT2D eigenvalue weighted by atomic mass is 16.5. The number of ether oxygens (including phenoxy) is 1. The molecule has 0 unspecified atom stereocenters. The number of imidazole rings is 1. The summed E-state index contributed by atoms with van der Waals surface area (Å²) in [7, 11) is 2.13. The normalized spacial score (nSPS) is 16.2. The summed E-state index contributed by atoms with van der Waals surface area (Å²) in [6.07, 6.45) is 5.82. The number of nitrogens with zero attached hydrogens (tertiary/aromatic N) is 3. The number of carboxylic acids is 1. The minimum Gasteiger partial charge on any atom is -0.490 e. The highest BCUT2D eigenvalue weighted by Gasteiger charge is 2.20. The number of rotatable bonds is 6. The first-order chi connectivity index (χ1) is 11.6. The van der Waals surface area contributed by atoms with Crippen LogP contribution in [0.2, 0.25) is 0 Å². The van der Waals surface area contributed by atoms with Crippen molar-refractivity contribution in [2.24, 2.45) is 0 Å². The fourth-order valence-electron chi connectivity index (χ4n) is 2.99. The van der Waals surface area contributed by atoms with Crippen LogP contribution in [0.5, 0.6) is 5.75 Å². The SMILES string of the molecule is CN1CCC(Oc2ccccc2-c2nccn2CCC(=O)O)CC1. The summed E-state index contributed by atoms with van der Waals surface area (Å²) in [6.45, 7) is 2.48. The molecule has 1 aliphatic heterocycles. The number of benzene rings is 1. The zero-order valence-corrected chi connectivity index (χ0v) is 13.9. The number of hydrogen-bond acceptors (Lipinski definition) is 4. The molecule has 2 aromatic rings. The van der Waals surface area contributed by atoms with Crippen LogP contribution in [0.15, 0.2) is 36.7 Å². The van der Waals surface area contributed by atoms with Crippen molar-refractivity contribution in [2.75, 3.05) is 20.1 Å². The molecule has 1 saturated heterocycles. The number of carbonyl (C=O) groups is 1. The number of likely N-dealkylation sites (tertiary alicyclic amines) is 1. The Morgan fingerprint density at radius 2 is 2.08 bits per heavy atom. The Morgan fingerprint density at radius 1 is 1.33 bits per heavy atom. The summed E-state index contributed by atoms with van der Waals surface area (Å²) < 4.78 is 8.11. The lowest BCUT2D eigenvalue weighted by molar-refractivity contribution is -0.137. The Morgan fingerprint density at radius 3 is 2.83 bits per heavy atom. The van der Waals surface area contributed by atoms with Crippen molar-refractivity contribution in [3.63, 3.8) is 0 Å². The maximum Gasteiger partial charge on any atom is 0.305 e. The van der Waals surface area contributed by atoms with Crippen LogP contribution in [0.4, 0.5) is 0 Å². The summed E-state index contributed by atoms with van der Waals surface area (Å²) in [6, 6.07) is 7.85. The maximum atomic E-state index is 10.8. The molecule has 0 aliphatic carbocycles. The molecule has 1 N–H and O–H groups in total. The summed E-state index contributed by atoms with van der Waals surface area (Å²) >= 11 is 0. The van der Waals surface area contributed by atoms with E-state index in [0.29, 0.717) is 6.54 Å². The smallest absolute Gasteiger partial charge is 0.305 e. The van der Waals surface area contributed by atoms with E-state index in [0.717, 1.165) is 43.1 Å². The van der Waals surface area contributed by atoms with Gasteiger partial charge in [0.1, 0.15) is 17.7 Å². The van der Waals surface area contributed by atoms with E-state index in [4.69, 9.17) is 9.84 Å². The fourth-order valence-corrected chi connectivity index (χ4v) is 2.99. The van der Waals surface area contributed by atoms with Crippen LogP contribution in [0, 0.1) is 0 Å². The Labute approximate surface area is 141 Å². The zero-order chi connectivity index (χ0) is 16.9. The van der Waals surface area contributed by atoms with E-state index in [9.17, 15) is 4.79 Å². The van der Waals surface area contributed by atoms with Gasteiger partial charge in [-0.1, -0.05) is 12.1 Å². The number of para-hydroxylation sites is 1. The molecule has 0 amide bonds. The topological polar surface area (TPSA) is 67.6 Å². The average molecular weight is 329 g/mol. The number of aryl methyl sites for hydroxylation is 1. The van der Waals surface area contributed by atoms with Crippen molar-refractivity contribution in [2.45, 2.75) is 31.9 Å². The van der Waals surface area contributed by atoms with Crippen LogP contribution in [-0.4, -0.2) is 51.8 Å². The number of carboxylic acid groups (broad SMARTS) is 1. The molecule has 6 heteroatoms. The Bertz CT molecular complexity index is 690. The molecule has 0 radical (unpaired) electrons. The molecule has 1 aromatic heterocycles. The van der Waals surface area contributed by atoms with Crippen LogP contribution < -0.4 is 4.74 Å². The summed E-state index contributed by atoms with van der Waals surface area (Å²) in [4.78, 5) is 17.6. The van der Waals surface area contributed by atoms with Gasteiger partial charge < -0.3 is 19.3 Å². The zero-order valence-electron chi connectivity index (χ0n) is 13.9. The van der Waals surface area contributed by atoms with Crippen LogP contribution in [0.3, 0.4) is 0 Å². The molecule has 0 saturated carbocycles. The van der Waals surface area contributed by atoms with Gasteiger partial charge in [0, 0.05) is 32.0 Å². The molecule has 0 bridgehead atoms. The first kappa shape index (κ1) is 16.5. The van der Waals surface area contributed by atoms with E-state index in [1.54, 1.807) is 6.20 Å². The quantitative estimate of drug-likeness (QED) is 0.882. The Hall–Kier alpha value is -2.34. The van der Waals surface area contributed by atoms with Gasteiger partial charge in [-0.3, -0.25) is 4.79 Å². The molecule has 128 valence electrons. The third-order valence-corrected chi connectivity index (χ3v) is 4.37. The largest absolute Gasteiger partial charge is 0.490 e. The van der Waals surface area contributed by atoms with Gasteiger partial charge >= 0.3 is 5.97 Å². The second kappa shape index (κ2) is 7.49. The minimum atomic E-state index is -0.814. The van der Waals surface area contributed by atoms with Crippen LogP contribution in [-0.2, 0) is 11.3 Å². The second-order valence-electron chi connectivity index (χ2n) is 6.20. The van der Waals surface area contributed by atoms with Gasteiger partial charge in [-0.2, -0.15) is 0 Å². The molecular formula is C18H23N3O3. The predicted molar refractivity (Wildman–Crippen MR) is 91.1 cm³/mol. The second-order valence-corrected chi connectivity index (χ2v) is 6.20. The summed E-state index contributed by atoms with van der Waals surface area (Å²) in [5, 5.41) is 8.90. The molecule has 0 spiro atoms. The lowest BCUT2D eigenvalue weighted by Crippen LogP contribution is -2.35. The van der Waals surface area contributed by atoms with E-state index >= 15 is 0 Å². The van der Waals surface area contributed by atoms with E-state index in [2.05, 4.69) is 16.9 Å². The van der Waals surface area contributed by atoms with Crippen molar-refractivity contribution < 1.29 is 14.6 Å². The van der Waals surface area contributed by atoms with Crippen molar-refractivity contribution >= 4 is 5.97 Å². The summed E-state index contributed by atoms with van der Waals surface area (Å²) in [5.41, 5.74) is 0.909. The monoisotopic (exact) mass is 329 g/mol. The third kappa shape index (κ3) is 3.94. The summed E-state index contributed by atoms with van der Waals surface area (Å²) in [5.74, 6) is 0.750. The van der Waals surface area contributed by atoms with Crippen LogP contribution in [0.25, 0.3) is 11.4 Å². The number of aromatic nitrogens is 2. The molecule has 1 aliphatic rings. The molecular weight excluding hydrogens is 306 g/mol. The molecule has 0 atom stereocenters. The van der Waals surface area contributed by atoms with E-state index in [1.807, 2.05) is 35.0 Å². The van der Waals surface area contributed by atoms with Gasteiger partial charge in [0.2, 0.25) is 0 Å². The van der Waals surface area contributed by atoms with Gasteiger partial charge in [-0.25, -0.2) is 4.98 Å². The van der Waals surface area contributed by atoms with Crippen molar-refractivity contribution in [1.29, 1.82) is 0 Å². The average Bonchev–Trinajstić information content (AvgIpc) is 3.04. The number of aliphatic carboxylic acids is 1. The molecule has 24 heavy (non-hydrogen) atoms. The standard InChI is InChI=1S/C18H23N3O3/c1-20-10-6-14(7-11-20)24-16-5-3-2-4-15(16)18-19-9-13-21(18)12-8-17(22)23/h2-5,9,13-14H,6-8,10-12H2,1H3,(H,22,23). The van der Waals surface area contributed by atoms with E-state index in [-0.39, 0.29) is 12.5 Å². The fraction of sp³-hybridized carbons (Fsp3) is 0.444. The minimum absolute atomic E-state index is 0.0708. The Balaban J connectivity index is 1.79. The van der Waals surface area contributed by atoms with Crippen molar-refractivity contribution in [3.05, 3.63) is 36.7 Å². The molecule has 3 rings (SSSR count). The lowest BCUT2D eigenvalue weighted by atomic mass is 10.1. The highest BCUT2D eigenvalue weighted by Crippen LogP contribution is 2.31. The first-order valence-corrected chi connectivity index (χ1v) is 8.31. The Kier molecular flexibility index (Phi) is 5.15. The van der Waals surface area contributed by atoms with Gasteiger partial charge in [0.15, 0.2) is 0 Å². The molecule has 1 aromatic carbocycles. The highest BCUT2D eigenvalue weighted by molar-refractivity contribution is 5.67. The first-order valence-electron chi connectivity index (χ1n) is 8.31. The molecule has 1 fully saturated rings. The predicted octanol–water partition coefficient (Wildman–Crippen LogP) is 2.50. The third-order valence-electron chi connectivity index (χ3n) is 4.37.